The van der Waals surface area contributed by atoms with Gasteiger partial charge in [0.1, 0.15) is 6.04 Å². The van der Waals surface area contributed by atoms with E-state index in [2.05, 4.69) is 5.32 Å². The van der Waals surface area contributed by atoms with Crippen molar-refractivity contribution in [2.45, 2.75) is 25.5 Å². The Hall–Kier alpha value is -1.88. The molecule has 0 aliphatic heterocycles. The Morgan fingerprint density at radius 2 is 1.88 bits per heavy atom. The first-order valence-corrected chi connectivity index (χ1v) is 5.24. The van der Waals surface area contributed by atoms with Gasteiger partial charge < -0.3 is 16.2 Å². The molecule has 0 saturated carbocycles. The molecule has 1 aromatic carbocycles. The van der Waals surface area contributed by atoms with E-state index in [0.29, 0.717) is 5.56 Å². The van der Waals surface area contributed by atoms with Crippen LogP contribution in [-0.4, -0.2) is 23.0 Å². The Kier molecular flexibility index (Phi) is 3.85. The number of rotatable bonds is 4. The maximum atomic E-state index is 11.8. The Morgan fingerprint density at radius 1 is 1.35 bits per heavy atom. The summed E-state index contributed by atoms with van der Waals surface area (Å²) in [6.45, 7) is 2.83. The summed E-state index contributed by atoms with van der Waals surface area (Å²) in [5.41, 5.74) is 3.79. The summed E-state index contributed by atoms with van der Waals surface area (Å²) < 4.78 is 0. The number of nitrogens with two attached hydrogens (primary N) is 1. The number of nitrogens with one attached hydrogen (secondary N) is 1. The van der Waals surface area contributed by atoms with Crippen LogP contribution in [0.15, 0.2) is 30.3 Å². The fraction of sp³-hybridized carbons (Fsp3) is 0.333. The van der Waals surface area contributed by atoms with Crippen LogP contribution in [0.25, 0.3) is 0 Å². The predicted octanol–water partition coefficient (Wildman–Crippen LogP) is -0.116. The average molecular weight is 236 g/mol. The van der Waals surface area contributed by atoms with E-state index in [0.717, 1.165) is 0 Å². The zero-order valence-electron chi connectivity index (χ0n) is 9.81. The lowest BCUT2D eigenvalue weighted by Gasteiger charge is -2.24. The van der Waals surface area contributed by atoms with Gasteiger partial charge in [-0.2, -0.15) is 0 Å². The molecule has 0 radical (unpaired) electrons. The standard InChI is InChI=1S/C12H16N2O3/c1-8(10(13)15)14-11(16)12(2,17)9-6-4-3-5-7-9/h3-8,17H,1-2H3,(H2,13,15)(H,14,16)/t8-,12+/m1/s1. The third kappa shape index (κ3) is 3.04. The van der Waals surface area contributed by atoms with Gasteiger partial charge in [-0.3, -0.25) is 9.59 Å². The topological polar surface area (TPSA) is 92.4 Å². The Bertz CT molecular complexity index is 415. The minimum atomic E-state index is -1.69. The molecule has 2 atom stereocenters. The zero-order valence-corrected chi connectivity index (χ0v) is 9.81. The smallest absolute Gasteiger partial charge is 0.256 e. The average Bonchev–Trinajstić information content (AvgIpc) is 2.29. The normalized spacial score (nSPS) is 15.7. The van der Waals surface area contributed by atoms with Crippen LogP contribution in [0.3, 0.4) is 0 Å². The Balaban J connectivity index is 2.84. The van der Waals surface area contributed by atoms with Gasteiger partial charge in [-0.1, -0.05) is 30.3 Å². The van der Waals surface area contributed by atoms with Crippen molar-refractivity contribution in [3.63, 3.8) is 0 Å². The lowest BCUT2D eigenvalue weighted by Crippen LogP contribution is -2.50. The molecule has 0 heterocycles. The summed E-state index contributed by atoms with van der Waals surface area (Å²) in [5, 5.41) is 12.5. The van der Waals surface area contributed by atoms with E-state index < -0.39 is 23.5 Å². The highest BCUT2D eigenvalue weighted by Crippen LogP contribution is 2.20. The number of primary amides is 1. The summed E-state index contributed by atoms with van der Waals surface area (Å²) in [7, 11) is 0. The molecular weight excluding hydrogens is 220 g/mol. The van der Waals surface area contributed by atoms with Gasteiger partial charge in [0.2, 0.25) is 5.91 Å². The minimum Gasteiger partial charge on any atom is -0.376 e. The van der Waals surface area contributed by atoms with Crippen molar-refractivity contribution in [2.24, 2.45) is 5.73 Å². The van der Waals surface area contributed by atoms with Crippen LogP contribution in [0, 0.1) is 0 Å². The summed E-state index contributed by atoms with van der Waals surface area (Å²) >= 11 is 0. The molecule has 0 fully saturated rings. The van der Waals surface area contributed by atoms with Gasteiger partial charge in [0, 0.05) is 0 Å². The molecule has 5 nitrogen and oxygen atoms in total. The lowest BCUT2D eigenvalue weighted by atomic mass is 9.95. The molecule has 0 bridgehead atoms. The van der Waals surface area contributed by atoms with Crippen LogP contribution in [-0.2, 0) is 15.2 Å². The molecule has 0 aliphatic carbocycles. The molecule has 0 unspecified atom stereocenters. The third-order valence-electron chi connectivity index (χ3n) is 2.55. The molecule has 2 amide bonds. The minimum absolute atomic E-state index is 0.453. The second-order valence-electron chi connectivity index (χ2n) is 4.04. The van der Waals surface area contributed by atoms with E-state index in [1.165, 1.54) is 13.8 Å². The largest absolute Gasteiger partial charge is 0.376 e. The van der Waals surface area contributed by atoms with Gasteiger partial charge in [0.15, 0.2) is 5.60 Å². The van der Waals surface area contributed by atoms with Crippen molar-refractivity contribution in [3.8, 4) is 0 Å². The number of carbonyl (C=O) groups excluding carboxylic acids is 2. The number of hydrogen-bond donors (Lipinski definition) is 3. The summed E-state index contributed by atoms with van der Waals surface area (Å²) in [5.74, 6) is -1.31. The number of amides is 2. The van der Waals surface area contributed by atoms with Crippen molar-refractivity contribution in [3.05, 3.63) is 35.9 Å². The van der Waals surface area contributed by atoms with E-state index in [1.807, 2.05) is 0 Å². The number of hydrogen-bond acceptors (Lipinski definition) is 3. The van der Waals surface area contributed by atoms with Gasteiger partial charge in [0.05, 0.1) is 0 Å². The van der Waals surface area contributed by atoms with E-state index >= 15 is 0 Å². The van der Waals surface area contributed by atoms with Crippen molar-refractivity contribution >= 4 is 11.8 Å². The van der Waals surface area contributed by atoms with Gasteiger partial charge in [-0.25, -0.2) is 0 Å². The number of carbonyl (C=O) groups is 2. The third-order valence-corrected chi connectivity index (χ3v) is 2.55. The first kappa shape index (κ1) is 13.2. The van der Waals surface area contributed by atoms with Crippen molar-refractivity contribution in [2.75, 3.05) is 0 Å². The first-order valence-electron chi connectivity index (χ1n) is 5.24. The van der Waals surface area contributed by atoms with Crippen LogP contribution in [0.1, 0.15) is 19.4 Å². The second-order valence-corrected chi connectivity index (χ2v) is 4.04. The first-order chi connectivity index (χ1) is 7.85. The molecule has 5 heteroatoms. The summed E-state index contributed by atoms with van der Waals surface area (Å²) in [6, 6.07) is 7.66. The van der Waals surface area contributed by atoms with Crippen LogP contribution < -0.4 is 11.1 Å². The van der Waals surface area contributed by atoms with Crippen LogP contribution in [0.5, 0.6) is 0 Å². The zero-order chi connectivity index (χ0) is 13.1. The second kappa shape index (κ2) is 4.97. The summed E-state index contributed by atoms with van der Waals surface area (Å²) in [6.07, 6.45) is 0. The quantitative estimate of drug-likeness (QED) is 0.680. The predicted molar refractivity (Wildman–Crippen MR) is 62.8 cm³/mol. The highest BCUT2D eigenvalue weighted by atomic mass is 16.3. The summed E-state index contributed by atoms with van der Waals surface area (Å²) in [4.78, 5) is 22.6. The SMILES string of the molecule is C[C@@H](NC(=O)[C@@](C)(O)c1ccccc1)C(N)=O. The Labute approximate surface area is 99.6 Å². The molecule has 0 spiro atoms. The fourth-order valence-electron chi connectivity index (χ4n) is 1.30. The highest BCUT2D eigenvalue weighted by Gasteiger charge is 2.33. The van der Waals surface area contributed by atoms with Crippen LogP contribution in [0.2, 0.25) is 0 Å². The molecule has 4 N–H and O–H groups in total. The molecule has 0 aliphatic rings. The van der Waals surface area contributed by atoms with Crippen molar-refractivity contribution in [1.82, 2.24) is 5.32 Å². The maximum absolute atomic E-state index is 11.8. The maximum Gasteiger partial charge on any atom is 0.256 e. The van der Waals surface area contributed by atoms with E-state index in [1.54, 1.807) is 30.3 Å². The molecular formula is C12H16N2O3. The van der Waals surface area contributed by atoms with Crippen molar-refractivity contribution in [1.29, 1.82) is 0 Å². The number of benzene rings is 1. The Morgan fingerprint density at radius 3 is 2.35 bits per heavy atom. The van der Waals surface area contributed by atoms with Gasteiger partial charge in [0.25, 0.3) is 5.91 Å². The molecule has 17 heavy (non-hydrogen) atoms. The number of aliphatic hydroxyl groups is 1. The fourth-order valence-corrected chi connectivity index (χ4v) is 1.30. The monoisotopic (exact) mass is 236 g/mol. The van der Waals surface area contributed by atoms with Gasteiger partial charge >= 0.3 is 0 Å². The van der Waals surface area contributed by atoms with E-state index in [4.69, 9.17) is 5.73 Å². The molecule has 0 saturated heterocycles. The van der Waals surface area contributed by atoms with Crippen LogP contribution >= 0.6 is 0 Å². The van der Waals surface area contributed by atoms with E-state index in [-0.39, 0.29) is 0 Å². The van der Waals surface area contributed by atoms with Gasteiger partial charge in [-0.05, 0) is 19.4 Å². The van der Waals surface area contributed by atoms with E-state index in [9.17, 15) is 14.7 Å². The molecule has 0 aromatic heterocycles. The van der Waals surface area contributed by atoms with Crippen molar-refractivity contribution < 1.29 is 14.7 Å². The molecule has 1 aromatic rings. The van der Waals surface area contributed by atoms with Crippen LogP contribution in [0.4, 0.5) is 0 Å². The lowest BCUT2D eigenvalue weighted by molar-refractivity contribution is -0.141. The highest BCUT2D eigenvalue weighted by molar-refractivity contribution is 5.90. The van der Waals surface area contributed by atoms with Gasteiger partial charge in [-0.15, -0.1) is 0 Å². The molecule has 1 rings (SSSR count). The molecule has 92 valence electrons.